The Morgan fingerprint density at radius 3 is 2.09 bits per heavy atom. The first-order valence-corrected chi connectivity index (χ1v) is 10.7. The highest BCUT2D eigenvalue weighted by molar-refractivity contribution is 5.95. The molecule has 0 fully saturated rings. The number of carboxylic acids is 1. The number of amides is 5. The summed E-state index contributed by atoms with van der Waals surface area (Å²) in [7, 11) is 0. The van der Waals surface area contributed by atoms with Crippen LogP contribution in [-0.4, -0.2) is 74.7 Å². The maximum Gasteiger partial charge on any atom is 0.326 e. The summed E-state index contributed by atoms with van der Waals surface area (Å²) in [5.74, 6) is -6.04. The molecule has 0 saturated heterocycles. The van der Waals surface area contributed by atoms with Crippen LogP contribution < -0.4 is 33.2 Å². The molecule has 0 saturated carbocycles. The summed E-state index contributed by atoms with van der Waals surface area (Å²) in [4.78, 5) is 78.5. The van der Waals surface area contributed by atoms with E-state index in [0.29, 0.717) is 5.69 Å². The van der Waals surface area contributed by atoms with Crippen molar-refractivity contribution in [3.63, 3.8) is 0 Å². The second-order valence-electron chi connectivity index (χ2n) is 8.25. The van der Waals surface area contributed by atoms with Gasteiger partial charge in [-0.25, -0.2) is 9.78 Å². The highest BCUT2D eigenvalue weighted by atomic mass is 16.4. The largest absolute Gasteiger partial charge is 0.480 e. The summed E-state index contributed by atoms with van der Waals surface area (Å²) in [6.07, 6.45) is 1.94. The molecule has 194 valence electrons. The van der Waals surface area contributed by atoms with Gasteiger partial charge in [-0.2, -0.15) is 0 Å². The third-order valence-electron chi connectivity index (χ3n) is 4.91. The number of nitrogens with zero attached hydrogens (tertiary/aromatic N) is 1. The van der Waals surface area contributed by atoms with Crippen molar-refractivity contribution in [1.29, 1.82) is 0 Å². The Morgan fingerprint density at radius 2 is 1.60 bits per heavy atom. The maximum absolute atomic E-state index is 12.9. The molecule has 15 nitrogen and oxygen atoms in total. The Hall–Kier alpha value is -4.01. The van der Waals surface area contributed by atoms with Crippen LogP contribution in [0.25, 0.3) is 0 Å². The molecule has 1 aromatic heterocycles. The number of aliphatic carboxylic acids is 1. The molecule has 11 N–H and O–H groups in total. The maximum atomic E-state index is 12.9. The SMILES string of the molecule is CC(C)C(NC(=O)C(CCC(N)=O)NC(=O)C(N)Cc1cnc[nH]1)C(=O)NC(CC(N)=O)C(=O)O. The van der Waals surface area contributed by atoms with E-state index in [-0.39, 0.29) is 19.3 Å². The molecule has 4 unspecified atom stereocenters. The van der Waals surface area contributed by atoms with Crippen molar-refractivity contribution >= 4 is 35.5 Å². The van der Waals surface area contributed by atoms with E-state index in [1.54, 1.807) is 13.8 Å². The second kappa shape index (κ2) is 13.6. The zero-order chi connectivity index (χ0) is 26.7. The molecular formula is C20H32N8O7. The smallest absolute Gasteiger partial charge is 0.326 e. The molecule has 0 aliphatic rings. The molecule has 1 heterocycles. The third-order valence-corrected chi connectivity index (χ3v) is 4.91. The standard InChI is InChI=1S/C20H32N8O7/c1-9(2)16(19(33)27-13(20(34)35)6-15(23)30)28-18(32)12(3-4-14(22)29)26-17(31)11(21)5-10-7-24-8-25-10/h7-9,11-13,16H,3-6,21H2,1-2H3,(H2,22,29)(H2,23,30)(H,24,25)(H,26,31)(H,27,33)(H,28,32)(H,34,35). The fourth-order valence-electron chi connectivity index (χ4n) is 3.01. The minimum atomic E-state index is -1.59. The number of aromatic nitrogens is 2. The van der Waals surface area contributed by atoms with Crippen molar-refractivity contribution in [3.05, 3.63) is 18.2 Å². The number of primary amides is 2. The number of carboxylic acid groups (broad SMARTS) is 1. The van der Waals surface area contributed by atoms with Gasteiger partial charge < -0.3 is 43.2 Å². The number of aromatic amines is 1. The molecule has 1 aromatic rings. The number of hydrogen-bond acceptors (Lipinski definition) is 8. The molecule has 0 radical (unpaired) electrons. The van der Waals surface area contributed by atoms with Crippen molar-refractivity contribution < 1.29 is 33.9 Å². The van der Waals surface area contributed by atoms with Crippen LogP contribution >= 0.6 is 0 Å². The van der Waals surface area contributed by atoms with E-state index < -0.39 is 72.0 Å². The highest BCUT2D eigenvalue weighted by Crippen LogP contribution is 2.07. The predicted molar refractivity (Wildman–Crippen MR) is 121 cm³/mol. The lowest BCUT2D eigenvalue weighted by Crippen LogP contribution is -2.58. The van der Waals surface area contributed by atoms with E-state index in [2.05, 4.69) is 25.9 Å². The summed E-state index contributed by atoms with van der Waals surface area (Å²) >= 11 is 0. The molecule has 1 rings (SSSR count). The number of hydrogen-bond donors (Lipinski definition) is 8. The molecule has 15 heteroatoms. The first-order valence-electron chi connectivity index (χ1n) is 10.7. The number of H-pyrrole nitrogens is 1. The molecule has 5 amide bonds. The molecule has 0 aliphatic carbocycles. The van der Waals surface area contributed by atoms with E-state index in [1.807, 2.05) is 0 Å². The van der Waals surface area contributed by atoms with Gasteiger partial charge >= 0.3 is 5.97 Å². The third kappa shape index (κ3) is 10.2. The zero-order valence-corrected chi connectivity index (χ0v) is 19.4. The summed E-state index contributed by atoms with van der Waals surface area (Å²) < 4.78 is 0. The second-order valence-corrected chi connectivity index (χ2v) is 8.25. The van der Waals surface area contributed by atoms with Crippen molar-refractivity contribution in [2.75, 3.05) is 0 Å². The number of carbonyl (C=O) groups is 6. The zero-order valence-electron chi connectivity index (χ0n) is 19.4. The number of nitrogens with two attached hydrogens (primary N) is 3. The van der Waals surface area contributed by atoms with Gasteiger partial charge in [-0.05, 0) is 12.3 Å². The van der Waals surface area contributed by atoms with E-state index >= 15 is 0 Å². The van der Waals surface area contributed by atoms with Crippen LogP contribution in [0, 0.1) is 5.92 Å². The minimum Gasteiger partial charge on any atom is -0.480 e. The molecular weight excluding hydrogens is 464 g/mol. The highest BCUT2D eigenvalue weighted by Gasteiger charge is 2.32. The van der Waals surface area contributed by atoms with Gasteiger partial charge in [-0.3, -0.25) is 24.0 Å². The van der Waals surface area contributed by atoms with Gasteiger partial charge in [0.1, 0.15) is 18.1 Å². The van der Waals surface area contributed by atoms with Gasteiger partial charge in [0.15, 0.2) is 0 Å². The number of carbonyl (C=O) groups excluding carboxylic acids is 5. The summed E-state index contributed by atoms with van der Waals surface area (Å²) in [6, 6.07) is -5.14. The van der Waals surface area contributed by atoms with Crippen LogP contribution in [-0.2, 0) is 35.2 Å². The predicted octanol–water partition coefficient (Wildman–Crippen LogP) is -3.38. The van der Waals surface area contributed by atoms with Gasteiger partial charge in [0.2, 0.25) is 29.5 Å². The topological polar surface area (TPSA) is 265 Å². The first kappa shape index (κ1) is 29.0. The first-order chi connectivity index (χ1) is 16.3. The molecule has 0 aromatic carbocycles. The Morgan fingerprint density at radius 1 is 0.971 bits per heavy atom. The summed E-state index contributed by atoms with van der Waals surface area (Å²) in [5.41, 5.74) is 16.7. The fourth-order valence-corrected chi connectivity index (χ4v) is 3.01. The van der Waals surface area contributed by atoms with Crippen molar-refractivity contribution in [2.24, 2.45) is 23.1 Å². The van der Waals surface area contributed by atoms with Crippen LogP contribution in [0.4, 0.5) is 0 Å². The lowest BCUT2D eigenvalue weighted by molar-refractivity contribution is -0.144. The number of imidazole rings is 1. The Balaban J connectivity index is 2.95. The molecule has 35 heavy (non-hydrogen) atoms. The molecule has 0 bridgehead atoms. The summed E-state index contributed by atoms with van der Waals surface area (Å²) in [5, 5.41) is 16.3. The van der Waals surface area contributed by atoms with Crippen LogP contribution in [0.3, 0.4) is 0 Å². The van der Waals surface area contributed by atoms with Crippen LogP contribution in [0.1, 0.15) is 38.8 Å². The monoisotopic (exact) mass is 496 g/mol. The molecule has 4 atom stereocenters. The fraction of sp³-hybridized carbons (Fsp3) is 0.550. The quantitative estimate of drug-likeness (QED) is 0.120. The van der Waals surface area contributed by atoms with E-state index in [4.69, 9.17) is 17.2 Å². The van der Waals surface area contributed by atoms with Gasteiger partial charge in [0.05, 0.1) is 18.8 Å². The van der Waals surface area contributed by atoms with Gasteiger partial charge in [-0.15, -0.1) is 0 Å². The van der Waals surface area contributed by atoms with Crippen LogP contribution in [0.5, 0.6) is 0 Å². The number of nitrogens with one attached hydrogen (secondary N) is 4. The minimum absolute atomic E-state index is 0.101. The lowest BCUT2D eigenvalue weighted by Gasteiger charge is -2.27. The Labute approximate surface area is 200 Å². The Kier molecular flexibility index (Phi) is 11.3. The van der Waals surface area contributed by atoms with E-state index in [0.717, 1.165) is 0 Å². The van der Waals surface area contributed by atoms with E-state index in [1.165, 1.54) is 12.5 Å². The van der Waals surface area contributed by atoms with Gasteiger partial charge in [-0.1, -0.05) is 13.8 Å². The average Bonchev–Trinajstić information content (AvgIpc) is 3.26. The lowest BCUT2D eigenvalue weighted by atomic mass is 10.0. The molecule has 0 aliphatic heterocycles. The van der Waals surface area contributed by atoms with Gasteiger partial charge in [0, 0.05) is 24.7 Å². The summed E-state index contributed by atoms with van der Waals surface area (Å²) in [6.45, 7) is 3.18. The van der Waals surface area contributed by atoms with Crippen molar-refractivity contribution in [2.45, 2.75) is 63.7 Å². The Bertz CT molecular complexity index is 919. The van der Waals surface area contributed by atoms with Gasteiger partial charge in [0.25, 0.3) is 0 Å². The molecule has 0 spiro atoms. The normalized spacial score (nSPS) is 14.3. The van der Waals surface area contributed by atoms with Crippen LogP contribution in [0.15, 0.2) is 12.5 Å². The number of rotatable bonds is 15. The van der Waals surface area contributed by atoms with E-state index in [9.17, 15) is 33.9 Å². The average molecular weight is 497 g/mol. The van der Waals surface area contributed by atoms with Crippen LogP contribution in [0.2, 0.25) is 0 Å². The van der Waals surface area contributed by atoms with Crippen molar-refractivity contribution in [3.8, 4) is 0 Å². The van der Waals surface area contributed by atoms with Crippen molar-refractivity contribution in [1.82, 2.24) is 25.9 Å².